The lowest BCUT2D eigenvalue weighted by molar-refractivity contribution is 1.33. The third kappa shape index (κ3) is 2.79. The van der Waals surface area contributed by atoms with E-state index in [0.29, 0.717) is 5.69 Å². The van der Waals surface area contributed by atoms with Crippen LogP contribution in [0.1, 0.15) is 16.7 Å². The summed E-state index contributed by atoms with van der Waals surface area (Å²) in [5.41, 5.74) is 3.85. The van der Waals surface area contributed by atoms with Crippen LogP contribution in [0.2, 0.25) is 0 Å². The first kappa shape index (κ1) is 11.1. The maximum atomic E-state index is 7.05. The molecule has 0 fully saturated rings. The van der Waals surface area contributed by atoms with Crippen LogP contribution in [0.4, 0.5) is 5.69 Å². The zero-order valence-corrected chi connectivity index (χ0v) is 9.59. The van der Waals surface area contributed by atoms with Gasteiger partial charge in [0.1, 0.15) is 0 Å². The standard InChI is InChI=1S/C15H12N2/c1-12-3-5-13(6-4-12)7-8-14-9-10-17-11-15(14)16-2/h3-11H,1H3. The largest absolute Gasteiger partial charge is 0.276 e. The quantitative estimate of drug-likeness (QED) is 0.696. The van der Waals surface area contributed by atoms with Crippen molar-refractivity contribution in [2.45, 2.75) is 6.92 Å². The van der Waals surface area contributed by atoms with Crippen molar-refractivity contribution >= 4 is 17.8 Å². The maximum absolute atomic E-state index is 7.05. The van der Waals surface area contributed by atoms with Gasteiger partial charge in [0.2, 0.25) is 5.69 Å². The van der Waals surface area contributed by atoms with Gasteiger partial charge in [-0.15, -0.1) is 0 Å². The summed E-state index contributed by atoms with van der Waals surface area (Å²) < 4.78 is 0. The topological polar surface area (TPSA) is 17.2 Å². The third-order valence-corrected chi connectivity index (χ3v) is 2.49. The average Bonchev–Trinajstić information content (AvgIpc) is 2.38. The number of pyridine rings is 1. The molecule has 0 atom stereocenters. The molecule has 2 aromatic rings. The second-order valence-electron chi connectivity index (χ2n) is 3.79. The summed E-state index contributed by atoms with van der Waals surface area (Å²) in [6, 6.07) is 10.1. The predicted octanol–water partition coefficient (Wildman–Crippen LogP) is 4.11. The molecule has 0 amide bonds. The summed E-state index contributed by atoms with van der Waals surface area (Å²) in [5, 5.41) is 0. The van der Waals surface area contributed by atoms with Gasteiger partial charge in [0.25, 0.3) is 0 Å². The molecule has 0 bridgehead atoms. The van der Waals surface area contributed by atoms with Gasteiger partial charge in [-0.3, -0.25) is 4.98 Å². The van der Waals surface area contributed by atoms with Crippen molar-refractivity contribution in [3.8, 4) is 0 Å². The van der Waals surface area contributed by atoms with E-state index in [1.807, 2.05) is 18.2 Å². The van der Waals surface area contributed by atoms with Crippen LogP contribution in [0.5, 0.6) is 0 Å². The first-order valence-corrected chi connectivity index (χ1v) is 5.36. The summed E-state index contributed by atoms with van der Waals surface area (Å²) in [4.78, 5) is 7.37. The lowest BCUT2D eigenvalue weighted by Gasteiger charge is -1.97. The lowest BCUT2D eigenvalue weighted by atomic mass is 10.1. The molecule has 1 heterocycles. The highest BCUT2D eigenvalue weighted by molar-refractivity contribution is 5.76. The highest BCUT2D eigenvalue weighted by Gasteiger charge is 1.96. The van der Waals surface area contributed by atoms with E-state index in [2.05, 4.69) is 41.0 Å². The number of rotatable bonds is 2. The molecule has 1 aromatic carbocycles. The van der Waals surface area contributed by atoms with Crippen molar-refractivity contribution in [2.24, 2.45) is 0 Å². The van der Waals surface area contributed by atoms with Gasteiger partial charge in [0.05, 0.1) is 6.57 Å². The van der Waals surface area contributed by atoms with Crippen LogP contribution in [0.25, 0.3) is 17.0 Å². The van der Waals surface area contributed by atoms with Crippen LogP contribution in [-0.4, -0.2) is 4.98 Å². The van der Waals surface area contributed by atoms with Crippen LogP contribution in [0.15, 0.2) is 42.7 Å². The van der Waals surface area contributed by atoms with E-state index in [-0.39, 0.29) is 0 Å². The van der Waals surface area contributed by atoms with Crippen LogP contribution in [0.3, 0.4) is 0 Å². The highest BCUT2D eigenvalue weighted by Crippen LogP contribution is 2.19. The van der Waals surface area contributed by atoms with Crippen molar-refractivity contribution in [1.82, 2.24) is 4.98 Å². The monoisotopic (exact) mass is 220 g/mol. The Hall–Kier alpha value is -2.40. The summed E-state index contributed by atoms with van der Waals surface area (Å²) in [7, 11) is 0. The Kier molecular flexibility index (Phi) is 3.32. The molecule has 0 unspecified atom stereocenters. The third-order valence-electron chi connectivity index (χ3n) is 2.49. The molecule has 0 saturated carbocycles. The molecule has 0 aliphatic carbocycles. The van der Waals surface area contributed by atoms with Crippen LogP contribution in [0, 0.1) is 13.5 Å². The van der Waals surface area contributed by atoms with Gasteiger partial charge in [-0.25, -0.2) is 4.85 Å². The molecular weight excluding hydrogens is 208 g/mol. The van der Waals surface area contributed by atoms with Gasteiger partial charge in [-0.05, 0) is 24.1 Å². The Bertz CT molecular complexity index is 575. The van der Waals surface area contributed by atoms with Crippen molar-refractivity contribution in [3.63, 3.8) is 0 Å². The minimum Gasteiger partial charge on any atom is -0.276 e. The zero-order valence-electron chi connectivity index (χ0n) is 9.59. The highest BCUT2D eigenvalue weighted by atomic mass is 14.7. The molecule has 0 saturated heterocycles. The van der Waals surface area contributed by atoms with Gasteiger partial charge in [0, 0.05) is 12.4 Å². The predicted molar refractivity (Wildman–Crippen MR) is 70.6 cm³/mol. The number of hydrogen-bond acceptors (Lipinski definition) is 1. The molecule has 2 nitrogen and oxygen atoms in total. The second kappa shape index (κ2) is 5.09. The summed E-state index contributed by atoms with van der Waals surface area (Å²) >= 11 is 0. The van der Waals surface area contributed by atoms with Crippen molar-refractivity contribution < 1.29 is 0 Å². The van der Waals surface area contributed by atoms with Gasteiger partial charge in [-0.1, -0.05) is 42.0 Å². The minimum atomic E-state index is 0.580. The van der Waals surface area contributed by atoms with E-state index >= 15 is 0 Å². The maximum Gasteiger partial charge on any atom is 0.212 e. The number of nitrogens with zero attached hydrogens (tertiary/aromatic N) is 2. The molecule has 0 radical (unpaired) electrons. The molecular formula is C15H12N2. The molecule has 17 heavy (non-hydrogen) atoms. The fraction of sp³-hybridized carbons (Fsp3) is 0.0667. The van der Waals surface area contributed by atoms with E-state index in [0.717, 1.165) is 11.1 Å². The molecule has 2 rings (SSSR count). The molecule has 2 heteroatoms. The smallest absolute Gasteiger partial charge is 0.212 e. The summed E-state index contributed by atoms with van der Waals surface area (Å²) in [6.45, 7) is 9.11. The van der Waals surface area contributed by atoms with Gasteiger partial charge < -0.3 is 0 Å². The van der Waals surface area contributed by atoms with Gasteiger partial charge >= 0.3 is 0 Å². The van der Waals surface area contributed by atoms with Crippen molar-refractivity contribution in [2.75, 3.05) is 0 Å². The number of aryl methyl sites for hydroxylation is 1. The Morgan fingerprint density at radius 3 is 2.59 bits per heavy atom. The van der Waals surface area contributed by atoms with Crippen molar-refractivity contribution in [1.29, 1.82) is 0 Å². The molecule has 0 N–H and O–H groups in total. The van der Waals surface area contributed by atoms with Crippen LogP contribution < -0.4 is 0 Å². The van der Waals surface area contributed by atoms with E-state index in [9.17, 15) is 0 Å². The average molecular weight is 220 g/mol. The van der Waals surface area contributed by atoms with E-state index in [1.165, 1.54) is 5.56 Å². The van der Waals surface area contributed by atoms with Crippen LogP contribution in [-0.2, 0) is 0 Å². The van der Waals surface area contributed by atoms with Crippen molar-refractivity contribution in [3.05, 3.63) is 70.8 Å². The van der Waals surface area contributed by atoms with Gasteiger partial charge in [-0.2, -0.15) is 0 Å². The molecule has 1 aromatic heterocycles. The van der Waals surface area contributed by atoms with E-state index < -0.39 is 0 Å². The SMILES string of the molecule is [C-]#[N+]c1cnccc1C=Cc1ccc(C)cc1. The first-order chi connectivity index (χ1) is 8.29. The number of aromatic nitrogens is 1. The van der Waals surface area contributed by atoms with Gasteiger partial charge in [0.15, 0.2) is 0 Å². The normalized spacial score (nSPS) is 10.4. The van der Waals surface area contributed by atoms with E-state index in [1.54, 1.807) is 12.4 Å². The number of benzene rings is 1. The Morgan fingerprint density at radius 2 is 1.88 bits per heavy atom. The molecule has 0 aliphatic heterocycles. The fourth-order valence-corrected chi connectivity index (χ4v) is 1.49. The molecule has 82 valence electrons. The first-order valence-electron chi connectivity index (χ1n) is 5.36. The minimum absolute atomic E-state index is 0.580. The Labute approximate surface area is 101 Å². The number of hydrogen-bond donors (Lipinski definition) is 0. The second-order valence-corrected chi connectivity index (χ2v) is 3.79. The summed E-state index contributed by atoms with van der Waals surface area (Å²) in [6.07, 6.45) is 7.23. The Balaban J connectivity index is 2.26. The zero-order chi connectivity index (χ0) is 12.1. The molecule has 0 aliphatic rings. The molecule has 0 spiro atoms. The summed E-state index contributed by atoms with van der Waals surface area (Å²) in [5.74, 6) is 0. The fourth-order valence-electron chi connectivity index (χ4n) is 1.49. The Morgan fingerprint density at radius 1 is 1.12 bits per heavy atom. The van der Waals surface area contributed by atoms with Crippen LogP contribution >= 0.6 is 0 Å². The van der Waals surface area contributed by atoms with E-state index in [4.69, 9.17) is 6.57 Å². The lowest BCUT2D eigenvalue weighted by Crippen LogP contribution is -1.76.